The number of aliphatic hydroxyl groups is 1. The molecule has 0 spiro atoms. The minimum Gasteiger partial charge on any atom is -0.390 e. The normalized spacial score (nSPS) is 12.1. The van der Waals surface area contributed by atoms with Crippen LogP contribution in [-0.4, -0.2) is 20.7 Å². The molecule has 1 aromatic heterocycles. The molecule has 2 aromatic carbocycles. The molecule has 3 aromatic rings. The third kappa shape index (κ3) is 6.51. The highest BCUT2D eigenvalue weighted by Crippen LogP contribution is 2.47. The Bertz CT molecular complexity index is 1040. The first kappa shape index (κ1) is 28.5. The maximum Gasteiger partial charge on any atom is 0.0922 e. The number of aryl methyl sites for hydroxylation is 1. The first-order chi connectivity index (χ1) is 15.4. The Morgan fingerprint density at radius 3 is 1.88 bits per heavy atom. The Morgan fingerprint density at radius 2 is 1.33 bits per heavy atom. The molecule has 0 atom stereocenters. The molecule has 0 saturated heterocycles. The van der Waals surface area contributed by atoms with Crippen molar-refractivity contribution in [2.75, 3.05) is 0 Å². The first-order valence-corrected chi connectivity index (χ1v) is 12.2. The van der Waals surface area contributed by atoms with Crippen LogP contribution in [0.3, 0.4) is 0 Å². The van der Waals surface area contributed by atoms with Crippen LogP contribution in [0.2, 0.25) is 0 Å². The Hall–Kier alpha value is -2.52. The summed E-state index contributed by atoms with van der Waals surface area (Å²) in [5.74, 6) is 0. The second kappa shape index (κ2) is 11.6. The van der Waals surface area contributed by atoms with Crippen molar-refractivity contribution in [3.05, 3.63) is 65.9 Å². The molecule has 0 aliphatic carbocycles. The molecule has 0 radical (unpaired) electrons. The zero-order valence-electron chi connectivity index (χ0n) is 22.6. The number of nitrogens with zero attached hydrogens (tertiary/aromatic N) is 2. The molecule has 0 aliphatic heterocycles. The molecular formula is C30H44N2O. The summed E-state index contributed by atoms with van der Waals surface area (Å²) in [5, 5.41) is 10.6. The van der Waals surface area contributed by atoms with E-state index < -0.39 is 5.60 Å². The predicted molar refractivity (Wildman–Crippen MR) is 145 cm³/mol. The molecule has 0 aliphatic rings. The van der Waals surface area contributed by atoms with E-state index in [1.807, 2.05) is 72.7 Å². The van der Waals surface area contributed by atoms with Crippen molar-refractivity contribution in [3.8, 4) is 11.3 Å². The van der Waals surface area contributed by atoms with Crippen molar-refractivity contribution in [2.24, 2.45) is 10.8 Å². The summed E-state index contributed by atoms with van der Waals surface area (Å²) in [6, 6.07) is 16.4. The van der Waals surface area contributed by atoms with E-state index in [4.69, 9.17) is 9.97 Å². The van der Waals surface area contributed by atoms with Crippen LogP contribution in [0.5, 0.6) is 0 Å². The number of rotatable bonds is 5. The van der Waals surface area contributed by atoms with E-state index in [1.54, 1.807) is 0 Å². The lowest BCUT2D eigenvalue weighted by molar-refractivity contribution is -0.0839. The van der Waals surface area contributed by atoms with E-state index >= 15 is 0 Å². The van der Waals surface area contributed by atoms with E-state index in [2.05, 4.69) is 64.1 Å². The standard InChI is InChI=1S/C26H32N2O.2C2H6/c1-18-23(20-11-9-8-10-12-20)28-21-14-13-19(17-22(21)27-18)15-16-24(2,3)25(4,5)26(6,7)29;2*1-2/h8-17,29H,1-7H3;2*1-2H3/b16-15+;;. The number of allylic oxidation sites excluding steroid dienone is 1. The second-order valence-electron chi connectivity index (χ2n) is 9.51. The number of aromatic nitrogens is 2. The van der Waals surface area contributed by atoms with Gasteiger partial charge in [-0.3, -0.25) is 0 Å². The van der Waals surface area contributed by atoms with Gasteiger partial charge in [-0.15, -0.1) is 0 Å². The summed E-state index contributed by atoms with van der Waals surface area (Å²) in [6.07, 6.45) is 4.31. The van der Waals surface area contributed by atoms with Crippen LogP contribution in [0.4, 0.5) is 0 Å². The number of hydrogen-bond donors (Lipinski definition) is 1. The van der Waals surface area contributed by atoms with Gasteiger partial charge in [0.2, 0.25) is 0 Å². The monoisotopic (exact) mass is 448 g/mol. The topological polar surface area (TPSA) is 46.0 Å². The molecule has 3 nitrogen and oxygen atoms in total. The van der Waals surface area contributed by atoms with E-state index in [1.165, 1.54) is 0 Å². The summed E-state index contributed by atoms with van der Waals surface area (Å²) in [7, 11) is 0. The van der Waals surface area contributed by atoms with Gasteiger partial charge < -0.3 is 5.11 Å². The zero-order valence-corrected chi connectivity index (χ0v) is 22.6. The van der Waals surface area contributed by atoms with Gasteiger partial charge in [0, 0.05) is 11.0 Å². The highest BCUT2D eigenvalue weighted by molar-refractivity contribution is 5.80. The van der Waals surface area contributed by atoms with Crippen molar-refractivity contribution in [1.82, 2.24) is 9.97 Å². The minimum atomic E-state index is -0.791. The highest BCUT2D eigenvalue weighted by Gasteiger charge is 2.45. The van der Waals surface area contributed by atoms with Crippen molar-refractivity contribution in [1.29, 1.82) is 0 Å². The van der Waals surface area contributed by atoms with E-state index in [-0.39, 0.29) is 10.8 Å². The predicted octanol–water partition coefficient (Wildman–Crippen LogP) is 8.49. The van der Waals surface area contributed by atoms with Gasteiger partial charge in [0.1, 0.15) is 0 Å². The average Bonchev–Trinajstić information content (AvgIpc) is 2.79. The fourth-order valence-electron chi connectivity index (χ4n) is 3.43. The van der Waals surface area contributed by atoms with Gasteiger partial charge in [-0.2, -0.15) is 0 Å². The lowest BCUT2D eigenvalue weighted by Gasteiger charge is -2.48. The molecule has 0 unspecified atom stereocenters. The van der Waals surface area contributed by atoms with E-state index in [9.17, 15) is 5.11 Å². The fraction of sp³-hybridized carbons (Fsp3) is 0.467. The Morgan fingerprint density at radius 1 is 0.758 bits per heavy atom. The Labute approximate surface area is 202 Å². The van der Waals surface area contributed by atoms with Crippen molar-refractivity contribution >= 4 is 17.1 Å². The molecule has 0 bridgehead atoms. The summed E-state index contributed by atoms with van der Waals surface area (Å²) < 4.78 is 0. The fourth-order valence-corrected chi connectivity index (χ4v) is 3.43. The maximum absolute atomic E-state index is 10.6. The Balaban J connectivity index is 0.00000129. The molecule has 0 amide bonds. The third-order valence-electron chi connectivity index (χ3n) is 6.74. The summed E-state index contributed by atoms with van der Waals surface area (Å²) >= 11 is 0. The molecule has 3 heteroatoms. The lowest BCUT2D eigenvalue weighted by Crippen LogP contribution is -2.48. The summed E-state index contributed by atoms with van der Waals surface area (Å²) in [5.41, 5.74) is 4.51. The van der Waals surface area contributed by atoms with Crippen LogP contribution in [0.15, 0.2) is 54.6 Å². The van der Waals surface area contributed by atoms with Crippen molar-refractivity contribution in [3.63, 3.8) is 0 Å². The molecule has 33 heavy (non-hydrogen) atoms. The summed E-state index contributed by atoms with van der Waals surface area (Å²) in [6.45, 7) is 22.3. The number of benzene rings is 2. The molecule has 180 valence electrons. The largest absolute Gasteiger partial charge is 0.390 e. The molecular weight excluding hydrogens is 404 g/mol. The van der Waals surface area contributed by atoms with Crippen LogP contribution in [0.25, 0.3) is 28.4 Å². The zero-order chi connectivity index (χ0) is 25.4. The summed E-state index contributed by atoms with van der Waals surface area (Å²) in [4.78, 5) is 9.66. The molecule has 0 saturated carbocycles. The third-order valence-corrected chi connectivity index (χ3v) is 6.74. The molecule has 3 rings (SSSR count). The van der Waals surface area contributed by atoms with Crippen molar-refractivity contribution in [2.45, 2.75) is 81.8 Å². The van der Waals surface area contributed by atoms with Gasteiger partial charge in [0.25, 0.3) is 0 Å². The SMILES string of the molecule is CC.CC.Cc1nc2cc(/C=C/C(C)(C)C(C)(C)C(C)(C)O)ccc2nc1-c1ccccc1. The lowest BCUT2D eigenvalue weighted by atomic mass is 9.60. The van der Waals surface area contributed by atoms with E-state index in [0.29, 0.717) is 0 Å². The van der Waals surface area contributed by atoms with Gasteiger partial charge >= 0.3 is 0 Å². The van der Waals surface area contributed by atoms with E-state index in [0.717, 1.165) is 33.5 Å². The van der Waals surface area contributed by atoms with Gasteiger partial charge in [-0.25, -0.2) is 9.97 Å². The van der Waals surface area contributed by atoms with Crippen LogP contribution < -0.4 is 0 Å². The smallest absolute Gasteiger partial charge is 0.0922 e. The Kier molecular flexibility index (Phi) is 9.99. The van der Waals surface area contributed by atoms with Crippen LogP contribution in [0.1, 0.15) is 80.5 Å². The quantitative estimate of drug-likeness (QED) is 0.425. The van der Waals surface area contributed by atoms with Crippen molar-refractivity contribution < 1.29 is 5.11 Å². The van der Waals surface area contributed by atoms with Gasteiger partial charge in [-0.05, 0) is 43.9 Å². The average molecular weight is 449 g/mol. The van der Waals surface area contributed by atoms with Crippen LogP contribution in [-0.2, 0) is 0 Å². The first-order valence-electron chi connectivity index (χ1n) is 12.2. The van der Waals surface area contributed by atoms with Gasteiger partial charge in [0.15, 0.2) is 0 Å². The maximum atomic E-state index is 10.6. The second-order valence-corrected chi connectivity index (χ2v) is 9.51. The molecule has 1 N–H and O–H groups in total. The molecule has 0 fully saturated rings. The van der Waals surface area contributed by atoms with Gasteiger partial charge in [-0.1, -0.05) is 104 Å². The van der Waals surface area contributed by atoms with Crippen LogP contribution in [0, 0.1) is 17.8 Å². The minimum absolute atomic E-state index is 0.195. The van der Waals surface area contributed by atoms with Gasteiger partial charge in [0.05, 0.1) is 28.0 Å². The molecule has 1 heterocycles. The number of fused-ring (bicyclic) bond motifs is 1. The van der Waals surface area contributed by atoms with Crippen LogP contribution >= 0.6 is 0 Å². The number of hydrogen-bond acceptors (Lipinski definition) is 3. The highest BCUT2D eigenvalue weighted by atomic mass is 16.3.